The number of aliphatic hydroxyl groups is 1. The molecule has 0 bridgehead atoms. The molecule has 1 saturated heterocycles. The first-order valence-corrected chi connectivity index (χ1v) is 10.3. The van der Waals surface area contributed by atoms with E-state index in [0.29, 0.717) is 25.7 Å². The maximum absolute atomic E-state index is 12.0. The smallest absolute Gasteiger partial charge is 0.219 e. The van der Waals surface area contributed by atoms with E-state index in [0.717, 1.165) is 12.3 Å². The van der Waals surface area contributed by atoms with Gasteiger partial charge in [-0.2, -0.15) is 0 Å². The van der Waals surface area contributed by atoms with Gasteiger partial charge in [0.25, 0.3) is 0 Å². The van der Waals surface area contributed by atoms with Gasteiger partial charge in [-0.05, 0) is 49.9 Å². The average Bonchev–Trinajstić information content (AvgIpc) is 2.83. The largest absolute Gasteiger partial charge is 0.490 e. The van der Waals surface area contributed by atoms with E-state index < -0.39 is 5.60 Å². The van der Waals surface area contributed by atoms with E-state index in [4.69, 9.17) is 4.74 Å². The Morgan fingerprint density at radius 1 is 1.15 bits per heavy atom. The van der Waals surface area contributed by atoms with Crippen LogP contribution in [0.2, 0.25) is 0 Å². The lowest BCUT2D eigenvalue weighted by Gasteiger charge is -2.37. The Kier molecular flexibility index (Phi) is 6.43. The molecule has 3 rings (SSSR count). The fraction of sp³-hybridized carbons (Fsp3) is 0.682. The van der Waals surface area contributed by atoms with Crippen LogP contribution in [0.4, 0.5) is 0 Å². The number of hydrogen-bond acceptors (Lipinski definition) is 4. The summed E-state index contributed by atoms with van der Waals surface area (Å²) >= 11 is 0. The highest BCUT2D eigenvalue weighted by atomic mass is 16.5. The van der Waals surface area contributed by atoms with Crippen molar-refractivity contribution >= 4 is 5.91 Å². The third kappa shape index (κ3) is 5.23. The Morgan fingerprint density at radius 2 is 1.89 bits per heavy atom. The molecule has 1 N–H and O–H groups in total. The van der Waals surface area contributed by atoms with Crippen molar-refractivity contribution in [2.24, 2.45) is 0 Å². The van der Waals surface area contributed by atoms with Crippen molar-refractivity contribution in [3.05, 3.63) is 29.3 Å². The standard InChI is InChI=1S/C22H34N2O3/c1-17-9-10-21(13-18(17)2)27-16-22(26)14-23(19(3)25)11-12-24(15-22)20-7-5-4-6-8-20/h9-10,13,20,26H,4-8,11-12,14-16H2,1-3H3/t22-/m0/s1. The summed E-state index contributed by atoms with van der Waals surface area (Å²) in [4.78, 5) is 16.2. The van der Waals surface area contributed by atoms with Gasteiger partial charge in [0.15, 0.2) is 0 Å². The van der Waals surface area contributed by atoms with Crippen molar-refractivity contribution in [3.63, 3.8) is 0 Å². The van der Waals surface area contributed by atoms with Gasteiger partial charge in [-0.25, -0.2) is 0 Å². The van der Waals surface area contributed by atoms with Gasteiger partial charge in [0.1, 0.15) is 18.0 Å². The van der Waals surface area contributed by atoms with E-state index in [1.165, 1.54) is 43.2 Å². The van der Waals surface area contributed by atoms with E-state index in [-0.39, 0.29) is 12.5 Å². The van der Waals surface area contributed by atoms with E-state index in [2.05, 4.69) is 18.7 Å². The normalized spacial score (nSPS) is 25.3. The maximum Gasteiger partial charge on any atom is 0.219 e. The number of carbonyl (C=O) groups is 1. The molecule has 0 unspecified atom stereocenters. The minimum absolute atomic E-state index is 0.0186. The molecule has 1 aliphatic heterocycles. The predicted octanol–water partition coefficient (Wildman–Crippen LogP) is 2.91. The zero-order valence-corrected chi connectivity index (χ0v) is 17.0. The number of ether oxygens (including phenoxy) is 1. The third-order valence-corrected chi connectivity index (χ3v) is 6.16. The van der Waals surface area contributed by atoms with Crippen molar-refractivity contribution in [2.45, 2.75) is 64.5 Å². The summed E-state index contributed by atoms with van der Waals surface area (Å²) in [6.45, 7) is 8.32. The first-order valence-electron chi connectivity index (χ1n) is 10.3. The van der Waals surface area contributed by atoms with Crippen LogP contribution in [0.3, 0.4) is 0 Å². The molecule has 1 amide bonds. The van der Waals surface area contributed by atoms with Crippen LogP contribution in [-0.4, -0.2) is 65.2 Å². The Labute approximate surface area is 163 Å². The number of hydrogen-bond donors (Lipinski definition) is 1. The van der Waals surface area contributed by atoms with Gasteiger partial charge < -0.3 is 14.7 Å². The van der Waals surface area contributed by atoms with Gasteiger partial charge >= 0.3 is 0 Å². The topological polar surface area (TPSA) is 53.0 Å². The fourth-order valence-corrected chi connectivity index (χ4v) is 4.33. The summed E-state index contributed by atoms with van der Waals surface area (Å²) in [5.74, 6) is 0.791. The molecule has 0 radical (unpaired) electrons. The summed E-state index contributed by atoms with van der Waals surface area (Å²) in [6, 6.07) is 6.51. The number of aryl methyl sites for hydroxylation is 2. The Balaban J connectivity index is 1.72. The zero-order valence-electron chi connectivity index (χ0n) is 17.0. The molecule has 5 nitrogen and oxygen atoms in total. The molecule has 1 aromatic rings. The second kappa shape index (κ2) is 8.61. The van der Waals surface area contributed by atoms with E-state index in [1.54, 1.807) is 11.8 Å². The minimum Gasteiger partial charge on any atom is -0.490 e. The first kappa shape index (κ1) is 20.2. The SMILES string of the molecule is CC(=O)N1CCN(C2CCCCC2)C[C@](O)(COc2ccc(C)c(C)c2)C1. The van der Waals surface area contributed by atoms with Crippen LogP contribution in [-0.2, 0) is 4.79 Å². The molecule has 1 heterocycles. The van der Waals surface area contributed by atoms with Gasteiger partial charge in [-0.3, -0.25) is 9.69 Å². The lowest BCUT2D eigenvalue weighted by molar-refractivity contribution is -0.132. The molecule has 2 fully saturated rings. The third-order valence-electron chi connectivity index (χ3n) is 6.16. The number of carbonyl (C=O) groups excluding carboxylic acids is 1. The molecule has 150 valence electrons. The highest BCUT2D eigenvalue weighted by Gasteiger charge is 2.39. The van der Waals surface area contributed by atoms with Crippen LogP contribution in [0, 0.1) is 13.8 Å². The maximum atomic E-state index is 12.0. The molecular weight excluding hydrogens is 340 g/mol. The van der Waals surface area contributed by atoms with Crippen molar-refractivity contribution in [1.82, 2.24) is 9.80 Å². The van der Waals surface area contributed by atoms with Gasteiger partial charge in [0, 0.05) is 32.6 Å². The molecule has 0 aromatic heterocycles. The van der Waals surface area contributed by atoms with Crippen LogP contribution >= 0.6 is 0 Å². The summed E-state index contributed by atoms with van der Waals surface area (Å²) in [5.41, 5.74) is 1.34. The Morgan fingerprint density at radius 3 is 2.56 bits per heavy atom. The number of nitrogens with zero attached hydrogens (tertiary/aromatic N) is 2. The van der Waals surface area contributed by atoms with Crippen LogP contribution in [0.1, 0.15) is 50.2 Å². The molecule has 1 aromatic carbocycles. The van der Waals surface area contributed by atoms with E-state index in [1.807, 2.05) is 18.2 Å². The molecule has 1 aliphatic carbocycles. The molecule has 27 heavy (non-hydrogen) atoms. The van der Waals surface area contributed by atoms with Crippen molar-refractivity contribution in [1.29, 1.82) is 0 Å². The number of benzene rings is 1. The van der Waals surface area contributed by atoms with Crippen molar-refractivity contribution < 1.29 is 14.6 Å². The van der Waals surface area contributed by atoms with Crippen molar-refractivity contribution in [3.8, 4) is 5.75 Å². The lowest BCUT2D eigenvalue weighted by Crippen LogP contribution is -2.53. The highest BCUT2D eigenvalue weighted by Crippen LogP contribution is 2.27. The number of amides is 1. The summed E-state index contributed by atoms with van der Waals surface area (Å²) < 4.78 is 5.99. The molecule has 5 heteroatoms. The molecular formula is C22H34N2O3. The molecule has 1 saturated carbocycles. The molecule has 1 atom stereocenters. The van der Waals surface area contributed by atoms with Crippen molar-refractivity contribution in [2.75, 3.05) is 32.8 Å². The monoisotopic (exact) mass is 374 g/mol. The fourth-order valence-electron chi connectivity index (χ4n) is 4.33. The van der Waals surface area contributed by atoms with Crippen LogP contribution in [0.25, 0.3) is 0 Å². The second-order valence-electron chi connectivity index (χ2n) is 8.46. The van der Waals surface area contributed by atoms with Crippen LogP contribution < -0.4 is 4.74 Å². The first-order chi connectivity index (χ1) is 12.9. The Bertz CT molecular complexity index is 657. The summed E-state index contributed by atoms with van der Waals surface area (Å²) in [6.07, 6.45) is 6.21. The zero-order chi connectivity index (χ0) is 19.4. The van der Waals surface area contributed by atoms with Gasteiger partial charge in [0.2, 0.25) is 5.91 Å². The van der Waals surface area contributed by atoms with Gasteiger partial charge in [-0.1, -0.05) is 25.3 Å². The molecule has 0 spiro atoms. The van der Waals surface area contributed by atoms with Crippen LogP contribution in [0.15, 0.2) is 18.2 Å². The van der Waals surface area contributed by atoms with E-state index in [9.17, 15) is 9.90 Å². The minimum atomic E-state index is -1.06. The number of rotatable bonds is 4. The summed E-state index contributed by atoms with van der Waals surface area (Å²) in [7, 11) is 0. The van der Waals surface area contributed by atoms with E-state index >= 15 is 0 Å². The Hall–Kier alpha value is -1.59. The van der Waals surface area contributed by atoms with Crippen LogP contribution in [0.5, 0.6) is 5.75 Å². The molecule has 2 aliphatic rings. The summed E-state index contributed by atoms with van der Waals surface area (Å²) in [5, 5.41) is 11.4. The quantitative estimate of drug-likeness (QED) is 0.880. The average molecular weight is 375 g/mol. The highest BCUT2D eigenvalue weighted by molar-refractivity contribution is 5.73. The second-order valence-corrected chi connectivity index (χ2v) is 8.46. The van der Waals surface area contributed by atoms with Gasteiger partial charge in [0.05, 0.1) is 6.54 Å². The number of β-amino-alcohol motifs (C(OH)–C–C–N with tert-alkyl or cyclic N) is 1. The van der Waals surface area contributed by atoms with Gasteiger partial charge in [-0.15, -0.1) is 0 Å². The predicted molar refractivity (Wildman–Crippen MR) is 107 cm³/mol. The lowest BCUT2D eigenvalue weighted by atomic mass is 9.93.